The Morgan fingerprint density at radius 2 is 1.47 bits per heavy atom. The summed E-state index contributed by atoms with van der Waals surface area (Å²) in [7, 11) is -1.63. The number of carbonyl (C=O) groups is 1. The van der Waals surface area contributed by atoms with Crippen molar-refractivity contribution in [1.29, 1.82) is 0 Å². The molecule has 0 spiro atoms. The van der Waals surface area contributed by atoms with E-state index in [1.54, 1.807) is 0 Å². The van der Waals surface area contributed by atoms with E-state index in [0.717, 1.165) is 24.6 Å². The second-order valence-corrected chi connectivity index (χ2v) is 10.5. The summed E-state index contributed by atoms with van der Waals surface area (Å²) in [6.45, 7) is 15.2. The van der Waals surface area contributed by atoms with E-state index in [1.807, 2.05) is 6.92 Å². The van der Waals surface area contributed by atoms with Crippen LogP contribution < -0.4 is 0 Å². The molecule has 0 aromatic rings. The molecule has 2 nitrogen and oxygen atoms in total. The van der Waals surface area contributed by atoms with Gasteiger partial charge in [0.2, 0.25) is 0 Å². The monoisotopic (exact) mass is 286 g/mol. The minimum atomic E-state index is -1.63. The molecule has 0 fully saturated rings. The van der Waals surface area contributed by atoms with Crippen molar-refractivity contribution in [2.24, 2.45) is 11.8 Å². The summed E-state index contributed by atoms with van der Waals surface area (Å²) in [6.07, 6.45) is 1.81. The largest absolute Gasteiger partial charge is 0.413 e. The lowest BCUT2D eigenvalue weighted by atomic mass is 9.88. The van der Waals surface area contributed by atoms with Crippen LogP contribution in [0.2, 0.25) is 18.1 Å². The van der Waals surface area contributed by atoms with E-state index >= 15 is 0 Å². The van der Waals surface area contributed by atoms with Crippen molar-refractivity contribution in [1.82, 2.24) is 0 Å². The summed E-state index contributed by atoms with van der Waals surface area (Å²) in [4.78, 5) is 12.1. The van der Waals surface area contributed by atoms with Crippen molar-refractivity contribution in [3.05, 3.63) is 0 Å². The first-order valence-corrected chi connectivity index (χ1v) is 10.6. The van der Waals surface area contributed by atoms with Crippen LogP contribution in [0, 0.1) is 11.8 Å². The maximum Gasteiger partial charge on any atom is 0.192 e. The molecule has 0 rings (SSSR count). The van der Waals surface area contributed by atoms with Crippen molar-refractivity contribution in [3.8, 4) is 0 Å². The van der Waals surface area contributed by atoms with Gasteiger partial charge in [0.15, 0.2) is 8.32 Å². The molecule has 0 saturated heterocycles. The van der Waals surface area contributed by atoms with E-state index < -0.39 is 8.32 Å². The Hall–Kier alpha value is -0.153. The fourth-order valence-electron chi connectivity index (χ4n) is 2.74. The minimum absolute atomic E-state index is 0.0384. The molecule has 0 radical (unpaired) electrons. The van der Waals surface area contributed by atoms with Crippen LogP contribution in [0.4, 0.5) is 0 Å². The van der Waals surface area contributed by atoms with Crippen LogP contribution in [-0.4, -0.2) is 20.2 Å². The van der Waals surface area contributed by atoms with Crippen LogP contribution in [0.25, 0.3) is 0 Å². The summed E-state index contributed by atoms with van der Waals surface area (Å²) in [5.41, 5.74) is 0. The standard InChI is InChI=1S/C16H34O2Si/c1-8-13(6)16(14(7)15(17)9-2)18-19(10-3,11-4)12-5/h13-14,16H,8-12H2,1-7H3/t13-,14-,16+/m0/s1. The Balaban J connectivity index is 5.10. The Bertz CT molecular complexity index is 253. The summed E-state index contributed by atoms with van der Waals surface area (Å²) in [5, 5.41) is 0. The van der Waals surface area contributed by atoms with E-state index in [1.165, 1.54) is 0 Å². The van der Waals surface area contributed by atoms with Crippen LogP contribution in [0.5, 0.6) is 0 Å². The van der Waals surface area contributed by atoms with Crippen LogP contribution in [0.15, 0.2) is 0 Å². The molecule has 0 amide bonds. The van der Waals surface area contributed by atoms with Gasteiger partial charge in [0.05, 0.1) is 6.10 Å². The maximum atomic E-state index is 12.1. The average molecular weight is 287 g/mol. The van der Waals surface area contributed by atoms with Crippen LogP contribution >= 0.6 is 0 Å². The molecular formula is C16H34O2Si. The average Bonchev–Trinajstić information content (AvgIpc) is 2.47. The first kappa shape index (κ1) is 18.8. The number of hydrogen-bond donors (Lipinski definition) is 0. The Morgan fingerprint density at radius 1 is 1.00 bits per heavy atom. The highest BCUT2D eigenvalue weighted by molar-refractivity contribution is 6.73. The van der Waals surface area contributed by atoms with Gasteiger partial charge >= 0.3 is 0 Å². The van der Waals surface area contributed by atoms with Gasteiger partial charge in [-0.1, -0.05) is 54.9 Å². The lowest BCUT2D eigenvalue weighted by molar-refractivity contribution is -0.126. The summed E-state index contributed by atoms with van der Waals surface area (Å²) < 4.78 is 6.64. The molecule has 0 aliphatic carbocycles. The van der Waals surface area contributed by atoms with Gasteiger partial charge in [0, 0.05) is 12.3 Å². The molecule has 0 aromatic heterocycles. The molecule has 0 N–H and O–H groups in total. The van der Waals surface area contributed by atoms with E-state index in [0.29, 0.717) is 18.1 Å². The van der Waals surface area contributed by atoms with Gasteiger partial charge in [0.25, 0.3) is 0 Å². The quantitative estimate of drug-likeness (QED) is 0.526. The fraction of sp³-hybridized carbons (Fsp3) is 0.938. The topological polar surface area (TPSA) is 26.3 Å². The smallest absolute Gasteiger partial charge is 0.192 e. The normalized spacial score (nSPS) is 17.0. The van der Waals surface area contributed by atoms with Gasteiger partial charge < -0.3 is 4.43 Å². The molecule has 0 saturated carbocycles. The van der Waals surface area contributed by atoms with Gasteiger partial charge in [-0.2, -0.15) is 0 Å². The number of ketones is 1. The zero-order chi connectivity index (χ0) is 15.1. The Morgan fingerprint density at radius 3 is 1.79 bits per heavy atom. The molecule has 114 valence electrons. The second-order valence-electron chi connectivity index (χ2n) is 5.82. The molecular weight excluding hydrogens is 252 g/mol. The first-order chi connectivity index (χ1) is 8.91. The van der Waals surface area contributed by atoms with Crippen molar-refractivity contribution in [2.45, 2.75) is 85.5 Å². The van der Waals surface area contributed by atoms with Gasteiger partial charge in [0.1, 0.15) is 5.78 Å². The third kappa shape index (κ3) is 5.03. The molecule has 3 atom stereocenters. The van der Waals surface area contributed by atoms with Gasteiger partial charge in [-0.15, -0.1) is 0 Å². The van der Waals surface area contributed by atoms with Crippen molar-refractivity contribution in [3.63, 3.8) is 0 Å². The molecule has 0 bridgehead atoms. The number of hydrogen-bond acceptors (Lipinski definition) is 2. The minimum Gasteiger partial charge on any atom is -0.413 e. The lowest BCUT2D eigenvalue weighted by Gasteiger charge is -2.38. The SMILES string of the molecule is CCC(=O)[C@H](C)[C@H](O[Si](CC)(CC)CC)[C@@H](C)CC. The highest BCUT2D eigenvalue weighted by Gasteiger charge is 2.37. The van der Waals surface area contributed by atoms with E-state index in [9.17, 15) is 4.79 Å². The molecule has 0 unspecified atom stereocenters. The predicted octanol–water partition coefficient (Wildman–Crippen LogP) is 5.04. The van der Waals surface area contributed by atoms with Crippen molar-refractivity contribution >= 4 is 14.1 Å². The third-order valence-corrected chi connectivity index (χ3v) is 9.51. The van der Waals surface area contributed by atoms with Crippen LogP contribution in [-0.2, 0) is 9.22 Å². The van der Waals surface area contributed by atoms with Gasteiger partial charge in [-0.05, 0) is 24.1 Å². The number of Topliss-reactive ketones (excluding diaryl/α,β-unsaturated/α-hetero) is 1. The molecule has 3 heteroatoms. The molecule has 0 heterocycles. The number of carbonyl (C=O) groups excluding carboxylic acids is 1. The summed E-state index contributed by atoms with van der Waals surface area (Å²) >= 11 is 0. The maximum absolute atomic E-state index is 12.1. The van der Waals surface area contributed by atoms with Crippen molar-refractivity contribution in [2.75, 3.05) is 0 Å². The highest BCUT2D eigenvalue weighted by atomic mass is 28.4. The molecule has 0 aliphatic heterocycles. The first-order valence-electron chi connectivity index (χ1n) is 8.11. The van der Waals surface area contributed by atoms with E-state index in [4.69, 9.17) is 4.43 Å². The molecule has 0 aromatic carbocycles. The Labute approximate surface area is 121 Å². The molecule has 0 aliphatic rings. The molecule has 19 heavy (non-hydrogen) atoms. The van der Waals surface area contributed by atoms with Crippen LogP contribution in [0.1, 0.15) is 61.3 Å². The zero-order valence-corrected chi connectivity index (χ0v) is 15.1. The fourth-order valence-corrected chi connectivity index (χ4v) is 5.75. The number of rotatable bonds is 10. The lowest BCUT2D eigenvalue weighted by Crippen LogP contribution is -2.46. The second kappa shape index (κ2) is 8.91. The third-order valence-electron chi connectivity index (χ3n) is 4.87. The summed E-state index contributed by atoms with van der Waals surface area (Å²) in [5.74, 6) is 0.843. The van der Waals surface area contributed by atoms with E-state index in [-0.39, 0.29) is 12.0 Å². The summed E-state index contributed by atoms with van der Waals surface area (Å²) in [6, 6.07) is 3.46. The highest BCUT2D eigenvalue weighted by Crippen LogP contribution is 2.30. The van der Waals surface area contributed by atoms with Crippen LogP contribution in [0.3, 0.4) is 0 Å². The van der Waals surface area contributed by atoms with Crippen molar-refractivity contribution < 1.29 is 9.22 Å². The Kier molecular flexibility index (Phi) is 8.84. The van der Waals surface area contributed by atoms with Gasteiger partial charge in [-0.3, -0.25) is 4.79 Å². The van der Waals surface area contributed by atoms with E-state index in [2.05, 4.69) is 41.5 Å². The van der Waals surface area contributed by atoms with Gasteiger partial charge in [-0.25, -0.2) is 0 Å². The predicted molar refractivity (Wildman–Crippen MR) is 86.0 cm³/mol. The zero-order valence-electron chi connectivity index (χ0n) is 14.1.